The van der Waals surface area contributed by atoms with E-state index in [0.717, 1.165) is 43.6 Å². The van der Waals surface area contributed by atoms with Gasteiger partial charge in [0, 0.05) is 32.2 Å². The molecule has 2 rings (SSSR count). The molecule has 0 unspecified atom stereocenters. The third-order valence-corrected chi connectivity index (χ3v) is 4.48. The van der Waals surface area contributed by atoms with Crippen molar-refractivity contribution in [2.45, 2.75) is 39.7 Å². The highest BCUT2D eigenvalue weighted by Gasteiger charge is 2.23. The van der Waals surface area contributed by atoms with Crippen LogP contribution in [0.1, 0.15) is 45.2 Å². The first-order valence-corrected chi connectivity index (χ1v) is 8.91. The minimum atomic E-state index is 0.463. The maximum absolute atomic E-state index is 5.78. The van der Waals surface area contributed by atoms with Crippen molar-refractivity contribution < 1.29 is 9.47 Å². The van der Waals surface area contributed by atoms with Gasteiger partial charge in [-0.2, -0.15) is 0 Å². The molecule has 1 saturated heterocycles. The minimum Gasteiger partial charge on any atom is -0.493 e. The van der Waals surface area contributed by atoms with Gasteiger partial charge in [-0.3, -0.25) is 4.90 Å². The van der Waals surface area contributed by atoms with Crippen molar-refractivity contribution in [3.63, 3.8) is 0 Å². The predicted octanol–water partition coefficient (Wildman–Crippen LogP) is 3.48. The predicted molar refractivity (Wildman–Crippen MR) is 95.4 cm³/mol. The molecule has 0 bridgehead atoms. The molecule has 0 saturated carbocycles. The number of ether oxygens (including phenoxy) is 2. The molecule has 4 heteroatoms. The Bertz CT molecular complexity index is 470. The molecular weight excluding hydrogens is 288 g/mol. The third-order valence-electron chi connectivity index (χ3n) is 4.48. The summed E-state index contributed by atoms with van der Waals surface area (Å²) in [7, 11) is 1.70. The van der Waals surface area contributed by atoms with Crippen molar-refractivity contribution >= 4 is 0 Å². The topological polar surface area (TPSA) is 33.7 Å². The van der Waals surface area contributed by atoms with Crippen LogP contribution in [0.25, 0.3) is 0 Å². The van der Waals surface area contributed by atoms with Crippen LogP contribution in [0.3, 0.4) is 0 Å². The highest BCUT2D eigenvalue weighted by molar-refractivity contribution is 5.44. The molecule has 0 radical (unpaired) electrons. The van der Waals surface area contributed by atoms with Gasteiger partial charge in [-0.1, -0.05) is 19.9 Å². The molecule has 0 aromatic heterocycles. The molecule has 23 heavy (non-hydrogen) atoms. The van der Waals surface area contributed by atoms with Crippen LogP contribution in [0.5, 0.6) is 11.5 Å². The van der Waals surface area contributed by atoms with Gasteiger partial charge in [-0.15, -0.1) is 0 Å². The first-order chi connectivity index (χ1) is 11.2. The maximum Gasteiger partial charge on any atom is 0.161 e. The summed E-state index contributed by atoms with van der Waals surface area (Å²) in [4.78, 5) is 2.61. The molecule has 1 aliphatic heterocycles. The second-order valence-corrected chi connectivity index (χ2v) is 6.62. The number of methoxy groups -OCH3 is 1. The average molecular weight is 320 g/mol. The van der Waals surface area contributed by atoms with E-state index < -0.39 is 0 Å². The lowest BCUT2D eigenvalue weighted by atomic mass is 9.95. The molecule has 1 atom stereocenters. The summed E-state index contributed by atoms with van der Waals surface area (Å²) in [5, 5.41) is 3.45. The Hall–Kier alpha value is -1.26. The summed E-state index contributed by atoms with van der Waals surface area (Å²) in [6, 6.07) is 6.89. The minimum absolute atomic E-state index is 0.463. The Morgan fingerprint density at radius 3 is 2.48 bits per heavy atom. The van der Waals surface area contributed by atoms with E-state index in [1.807, 2.05) is 13.0 Å². The number of nitrogens with one attached hydrogen (secondary N) is 1. The van der Waals surface area contributed by atoms with Crippen molar-refractivity contribution in [1.82, 2.24) is 10.2 Å². The van der Waals surface area contributed by atoms with Gasteiger partial charge in [0.2, 0.25) is 0 Å². The zero-order valence-corrected chi connectivity index (χ0v) is 15.1. The van der Waals surface area contributed by atoms with Crippen molar-refractivity contribution in [2.75, 3.05) is 39.9 Å². The van der Waals surface area contributed by atoms with E-state index in [9.17, 15) is 0 Å². The summed E-state index contributed by atoms with van der Waals surface area (Å²) in [6.07, 6.45) is 2.43. The smallest absolute Gasteiger partial charge is 0.161 e. The number of rotatable bonds is 8. The van der Waals surface area contributed by atoms with E-state index in [0.29, 0.717) is 12.6 Å². The van der Waals surface area contributed by atoms with Crippen molar-refractivity contribution in [2.24, 2.45) is 5.92 Å². The molecule has 130 valence electrons. The first kappa shape index (κ1) is 18.1. The highest BCUT2D eigenvalue weighted by Crippen LogP contribution is 2.34. The van der Waals surface area contributed by atoms with Crippen LogP contribution in [0.4, 0.5) is 0 Å². The molecule has 1 aromatic carbocycles. The largest absolute Gasteiger partial charge is 0.493 e. The average Bonchev–Trinajstić information content (AvgIpc) is 2.56. The Kier molecular flexibility index (Phi) is 7.18. The van der Waals surface area contributed by atoms with Crippen LogP contribution >= 0.6 is 0 Å². The van der Waals surface area contributed by atoms with E-state index in [1.54, 1.807) is 7.11 Å². The van der Waals surface area contributed by atoms with Gasteiger partial charge in [0.1, 0.15) is 0 Å². The van der Waals surface area contributed by atoms with Gasteiger partial charge in [0.15, 0.2) is 11.5 Å². The Labute approximate surface area is 141 Å². The maximum atomic E-state index is 5.78. The third kappa shape index (κ3) is 5.11. The summed E-state index contributed by atoms with van der Waals surface area (Å²) >= 11 is 0. The Morgan fingerprint density at radius 1 is 1.13 bits per heavy atom. The van der Waals surface area contributed by atoms with E-state index in [1.165, 1.54) is 18.4 Å². The van der Waals surface area contributed by atoms with Gasteiger partial charge >= 0.3 is 0 Å². The molecule has 4 nitrogen and oxygen atoms in total. The number of benzene rings is 1. The fourth-order valence-corrected chi connectivity index (χ4v) is 3.21. The molecule has 0 amide bonds. The van der Waals surface area contributed by atoms with Crippen LogP contribution in [0.2, 0.25) is 0 Å². The van der Waals surface area contributed by atoms with E-state index in [4.69, 9.17) is 9.47 Å². The van der Waals surface area contributed by atoms with Crippen LogP contribution in [-0.2, 0) is 0 Å². The number of hydrogen-bond donors (Lipinski definition) is 1. The van der Waals surface area contributed by atoms with Gasteiger partial charge in [0.05, 0.1) is 13.7 Å². The highest BCUT2D eigenvalue weighted by atomic mass is 16.5. The summed E-state index contributed by atoms with van der Waals surface area (Å²) in [6.45, 7) is 11.6. The zero-order valence-electron chi connectivity index (χ0n) is 15.1. The fraction of sp³-hybridized carbons (Fsp3) is 0.684. The fourth-order valence-electron chi connectivity index (χ4n) is 3.21. The van der Waals surface area contributed by atoms with Crippen molar-refractivity contribution in [1.29, 1.82) is 0 Å². The molecule has 0 aliphatic carbocycles. The lowest BCUT2D eigenvalue weighted by Crippen LogP contribution is -2.45. The normalized spacial score (nSPS) is 17.3. The number of piperazine rings is 1. The zero-order chi connectivity index (χ0) is 16.7. The Balaban J connectivity index is 2.23. The Morgan fingerprint density at radius 2 is 1.87 bits per heavy atom. The van der Waals surface area contributed by atoms with Crippen LogP contribution in [0.15, 0.2) is 18.2 Å². The van der Waals surface area contributed by atoms with Gasteiger partial charge in [0.25, 0.3) is 0 Å². The van der Waals surface area contributed by atoms with Crippen LogP contribution in [-0.4, -0.2) is 44.8 Å². The van der Waals surface area contributed by atoms with Crippen molar-refractivity contribution in [3.8, 4) is 11.5 Å². The molecule has 1 aliphatic rings. The van der Waals surface area contributed by atoms with Gasteiger partial charge in [-0.05, 0) is 43.4 Å². The SMILES string of the molecule is CCOc1cc([C@H](CCC(C)C)N2CCNCC2)ccc1OC. The molecule has 0 spiro atoms. The lowest BCUT2D eigenvalue weighted by molar-refractivity contribution is 0.159. The number of hydrogen-bond acceptors (Lipinski definition) is 4. The molecular formula is C19H32N2O2. The molecule has 1 heterocycles. The quantitative estimate of drug-likeness (QED) is 0.795. The van der Waals surface area contributed by atoms with E-state index >= 15 is 0 Å². The second kappa shape index (κ2) is 9.14. The molecule has 1 N–H and O–H groups in total. The summed E-state index contributed by atoms with van der Waals surface area (Å²) < 4.78 is 11.2. The number of nitrogens with zero attached hydrogens (tertiary/aromatic N) is 1. The molecule has 1 fully saturated rings. The summed E-state index contributed by atoms with van der Waals surface area (Å²) in [5.41, 5.74) is 1.34. The standard InChI is InChI=1S/C19H32N2O2/c1-5-23-19-14-16(7-9-18(19)22-4)17(8-6-15(2)3)21-12-10-20-11-13-21/h7,9,14-15,17,20H,5-6,8,10-13H2,1-4H3/t17-/m0/s1. The lowest BCUT2D eigenvalue weighted by Gasteiger charge is -2.36. The van der Waals surface area contributed by atoms with Crippen LogP contribution < -0.4 is 14.8 Å². The van der Waals surface area contributed by atoms with E-state index in [2.05, 4.69) is 36.2 Å². The van der Waals surface area contributed by atoms with Gasteiger partial charge < -0.3 is 14.8 Å². The molecule has 1 aromatic rings. The monoisotopic (exact) mass is 320 g/mol. The van der Waals surface area contributed by atoms with Crippen molar-refractivity contribution in [3.05, 3.63) is 23.8 Å². The van der Waals surface area contributed by atoms with E-state index in [-0.39, 0.29) is 0 Å². The summed E-state index contributed by atoms with van der Waals surface area (Å²) in [5.74, 6) is 2.40. The second-order valence-electron chi connectivity index (χ2n) is 6.62. The van der Waals surface area contributed by atoms with Crippen LogP contribution in [0, 0.1) is 5.92 Å². The van der Waals surface area contributed by atoms with Gasteiger partial charge in [-0.25, -0.2) is 0 Å². The first-order valence-electron chi connectivity index (χ1n) is 8.91.